The van der Waals surface area contributed by atoms with Crippen molar-refractivity contribution in [3.8, 4) is 0 Å². The Morgan fingerprint density at radius 1 is 1.10 bits per heavy atom. The zero-order chi connectivity index (χ0) is 22.0. The van der Waals surface area contributed by atoms with E-state index in [1.54, 1.807) is 9.47 Å². The Morgan fingerprint density at radius 2 is 1.84 bits per heavy atom. The normalized spacial score (nSPS) is 11.3. The molecule has 160 valence electrons. The Bertz CT molecular complexity index is 1310. The highest BCUT2D eigenvalue weighted by atomic mass is 32.2. The van der Waals surface area contributed by atoms with E-state index >= 15 is 0 Å². The quantitative estimate of drug-likeness (QED) is 0.416. The van der Waals surface area contributed by atoms with Crippen molar-refractivity contribution in [2.75, 3.05) is 12.8 Å². The minimum Gasteiger partial charge on any atom is -0.341 e. The van der Waals surface area contributed by atoms with Gasteiger partial charge in [-0.15, -0.1) is 10.2 Å². The van der Waals surface area contributed by atoms with E-state index in [-0.39, 0.29) is 17.2 Å². The number of rotatable bonds is 7. The summed E-state index contributed by atoms with van der Waals surface area (Å²) < 4.78 is 3.54. The zero-order valence-electron chi connectivity index (χ0n) is 17.9. The number of aromatic nitrogens is 4. The van der Waals surface area contributed by atoms with E-state index in [1.165, 1.54) is 17.3 Å². The lowest BCUT2D eigenvalue weighted by molar-refractivity contribution is -0.127. The molecule has 2 heterocycles. The maximum atomic E-state index is 12.9. The van der Waals surface area contributed by atoms with E-state index in [4.69, 9.17) is 0 Å². The first-order valence-corrected chi connectivity index (χ1v) is 11.3. The van der Waals surface area contributed by atoms with E-state index in [0.717, 1.165) is 17.5 Å². The van der Waals surface area contributed by atoms with Gasteiger partial charge in [0.25, 0.3) is 5.56 Å². The van der Waals surface area contributed by atoms with Crippen LogP contribution in [0.2, 0.25) is 0 Å². The highest BCUT2D eigenvalue weighted by Gasteiger charge is 2.18. The summed E-state index contributed by atoms with van der Waals surface area (Å²) in [6, 6.07) is 15.5. The maximum Gasteiger partial charge on any atom is 0.262 e. The molecule has 0 fully saturated rings. The third-order valence-corrected chi connectivity index (χ3v) is 6.26. The molecule has 0 N–H and O–H groups in total. The van der Waals surface area contributed by atoms with Crippen LogP contribution >= 0.6 is 11.8 Å². The summed E-state index contributed by atoms with van der Waals surface area (Å²) in [5.41, 5.74) is 2.98. The van der Waals surface area contributed by atoms with Crippen LogP contribution in [0, 0.1) is 6.92 Å². The van der Waals surface area contributed by atoms with E-state index in [0.29, 0.717) is 29.4 Å². The van der Waals surface area contributed by atoms with Crippen LogP contribution in [0.15, 0.2) is 58.5 Å². The number of amides is 1. The van der Waals surface area contributed by atoms with E-state index in [9.17, 15) is 9.59 Å². The molecule has 2 aromatic heterocycles. The second kappa shape index (κ2) is 8.93. The zero-order valence-corrected chi connectivity index (χ0v) is 18.7. The summed E-state index contributed by atoms with van der Waals surface area (Å²) in [6.45, 7) is 5.19. The fourth-order valence-corrected chi connectivity index (χ4v) is 4.50. The topological polar surface area (TPSA) is 72.5 Å². The fraction of sp³-hybridized carbons (Fsp3) is 0.304. The highest BCUT2D eigenvalue weighted by molar-refractivity contribution is 7.99. The number of benzene rings is 2. The molecule has 0 unspecified atom stereocenters. The SMILES string of the molecule is CCCn1c(=O)c2ccccc2n2c(SCC(=O)N(C)Cc3ccccc3C)nnc12. The lowest BCUT2D eigenvalue weighted by Crippen LogP contribution is -2.28. The van der Waals surface area contributed by atoms with Gasteiger partial charge < -0.3 is 4.90 Å². The van der Waals surface area contributed by atoms with Crippen LogP contribution in [0.25, 0.3) is 16.7 Å². The van der Waals surface area contributed by atoms with Gasteiger partial charge in [0.2, 0.25) is 11.7 Å². The number of hydrogen-bond donors (Lipinski definition) is 0. The molecule has 0 aliphatic heterocycles. The van der Waals surface area contributed by atoms with Gasteiger partial charge in [0, 0.05) is 20.1 Å². The molecule has 4 rings (SSSR count). The molecule has 0 saturated heterocycles. The summed E-state index contributed by atoms with van der Waals surface area (Å²) in [4.78, 5) is 27.4. The first kappa shape index (κ1) is 21.1. The Balaban J connectivity index is 1.61. The van der Waals surface area contributed by atoms with Gasteiger partial charge in [-0.1, -0.05) is 55.1 Å². The molecular weight excluding hydrogens is 410 g/mol. The third kappa shape index (κ3) is 4.07. The predicted molar refractivity (Wildman–Crippen MR) is 123 cm³/mol. The third-order valence-electron chi connectivity index (χ3n) is 5.34. The van der Waals surface area contributed by atoms with Crippen LogP contribution in [-0.2, 0) is 17.9 Å². The smallest absolute Gasteiger partial charge is 0.262 e. The molecule has 0 aliphatic carbocycles. The first-order valence-electron chi connectivity index (χ1n) is 10.3. The number of carbonyl (C=O) groups is 1. The van der Waals surface area contributed by atoms with E-state index in [2.05, 4.69) is 10.2 Å². The van der Waals surface area contributed by atoms with Crippen molar-refractivity contribution >= 4 is 34.3 Å². The Labute approximate surface area is 184 Å². The summed E-state index contributed by atoms with van der Waals surface area (Å²) in [5, 5.41) is 9.81. The highest BCUT2D eigenvalue weighted by Crippen LogP contribution is 2.22. The van der Waals surface area contributed by atoms with Gasteiger partial charge in [0.15, 0.2) is 5.16 Å². The second-order valence-corrected chi connectivity index (χ2v) is 8.50. The summed E-state index contributed by atoms with van der Waals surface area (Å²) >= 11 is 1.34. The average Bonchev–Trinajstić information content (AvgIpc) is 3.20. The van der Waals surface area contributed by atoms with Crippen molar-refractivity contribution in [3.63, 3.8) is 0 Å². The van der Waals surface area contributed by atoms with Crippen LogP contribution in [0.1, 0.15) is 24.5 Å². The predicted octanol–water partition coefficient (Wildman–Crippen LogP) is 3.51. The summed E-state index contributed by atoms with van der Waals surface area (Å²) in [5.74, 6) is 0.759. The molecule has 2 aromatic carbocycles. The van der Waals surface area contributed by atoms with Crippen LogP contribution in [0.4, 0.5) is 0 Å². The minimum absolute atomic E-state index is 0.0104. The number of aryl methyl sites for hydroxylation is 2. The molecule has 0 saturated carbocycles. The Hall–Kier alpha value is -3.13. The summed E-state index contributed by atoms with van der Waals surface area (Å²) in [6.07, 6.45) is 0.811. The van der Waals surface area contributed by atoms with Crippen LogP contribution in [-0.4, -0.2) is 42.8 Å². The van der Waals surface area contributed by atoms with Crippen LogP contribution < -0.4 is 5.56 Å². The number of hydrogen-bond acceptors (Lipinski definition) is 5. The van der Waals surface area contributed by atoms with Crippen LogP contribution in [0.5, 0.6) is 0 Å². The van der Waals surface area contributed by atoms with Crippen molar-refractivity contribution in [2.45, 2.75) is 38.5 Å². The number of thioether (sulfide) groups is 1. The van der Waals surface area contributed by atoms with Gasteiger partial charge in [0.1, 0.15) is 0 Å². The van der Waals surface area contributed by atoms with E-state index in [1.807, 2.05) is 73.8 Å². The molecule has 0 bridgehead atoms. The second-order valence-electron chi connectivity index (χ2n) is 7.56. The van der Waals surface area contributed by atoms with Gasteiger partial charge in [-0.3, -0.25) is 18.6 Å². The molecule has 7 nitrogen and oxygen atoms in total. The number of fused-ring (bicyclic) bond motifs is 3. The Morgan fingerprint density at radius 3 is 2.61 bits per heavy atom. The van der Waals surface area contributed by atoms with Gasteiger partial charge in [0.05, 0.1) is 16.7 Å². The largest absolute Gasteiger partial charge is 0.341 e. The standard InChI is InChI=1S/C23H25N5O2S/c1-4-13-27-21(30)18-11-7-8-12-19(18)28-22(27)24-25-23(28)31-15-20(29)26(3)14-17-10-6-5-9-16(17)2/h5-12H,4,13-15H2,1-3H3. The molecule has 0 radical (unpaired) electrons. The van der Waals surface area contributed by atoms with Gasteiger partial charge in [-0.05, 0) is 36.6 Å². The molecule has 31 heavy (non-hydrogen) atoms. The van der Waals surface area contributed by atoms with Crippen LogP contribution in [0.3, 0.4) is 0 Å². The molecule has 4 aromatic rings. The number of carbonyl (C=O) groups excluding carboxylic acids is 1. The van der Waals surface area contributed by atoms with E-state index < -0.39 is 0 Å². The first-order chi connectivity index (χ1) is 15.0. The van der Waals surface area contributed by atoms with Crippen molar-refractivity contribution in [1.82, 2.24) is 24.1 Å². The van der Waals surface area contributed by atoms with Gasteiger partial charge >= 0.3 is 0 Å². The molecular formula is C23H25N5O2S. The van der Waals surface area contributed by atoms with Crippen molar-refractivity contribution in [2.24, 2.45) is 0 Å². The summed E-state index contributed by atoms with van der Waals surface area (Å²) in [7, 11) is 1.81. The molecule has 0 aliphatic rings. The molecule has 1 amide bonds. The minimum atomic E-state index is -0.0667. The number of nitrogens with zero attached hydrogens (tertiary/aromatic N) is 5. The van der Waals surface area contributed by atoms with Crippen molar-refractivity contribution in [3.05, 3.63) is 70.0 Å². The van der Waals surface area contributed by atoms with Crippen molar-refractivity contribution in [1.29, 1.82) is 0 Å². The van der Waals surface area contributed by atoms with Gasteiger partial charge in [-0.2, -0.15) is 0 Å². The lowest BCUT2D eigenvalue weighted by Gasteiger charge is -2.18. The molecule has 0 spiro atoms. The monoisotopic (exact) mass is 435 g/mol. The maximum absolute atomic E-state index is 12.9. The number of para-hydroxylation sites is 1. The van der Waals surface area contributed by atoms with Gasteiger partial charge in [-0.25, -0.2) is 0 Å². The molecule has 0 atom stereocenters. The average molecular weight is 436 g/mol. The lowest BCUT2D eigenvalue weighted by atomic mass is 10.1. The Kier molecular flexibility index (Phi) is 6.08. The molecule has 8 heteroatoms. The fourth-order valence-electron chi connectivity index (χ4n) is 3.62. The van der Waals surface area contributed by atoms with Crippen molar-refractivity contribution < 1.29 is 4.79 Å².